The number of rotatable bonds is 6. The van der Waals surface area contributed by atoms with Crippen molar-refractivity contribution in [3.63, 3.8) is 0 Å². The van der Waals surface area contributed by atoms with Crippen LogP contribution >= 0.6 is 0 Å². The molecular formula is C14H18N2O3S. The third-order valence-corrected chi connectivity index (χ3v) is 4.24. The Hall–Kier alpha value is -1.63. The van der Waals surface area contributed by atoms with Crippen LogP contribution in [-0.4, -0.2) is 15.5 Å². The summed E-state index contributed by atoms with van der Waals surface area (Å²) in [7, 11) is -1.85. The molecule has 108 valence electrons. The highest BCUT2D eigenvalue weighted by Gasteiger charge is 2.18. The molecule has 2 rings (SSSR count). The molecule has 0 amide bonds. The van der Waals surface area contributed by atoms with Crippen molar-refractivity contribution in [1.29, 1.82) is 0 Å². The molecule has 0 saturated heterocycles. The predicted molar refractivity (Wildman–Crippen MR) is 76.7 cm³/mol. The van der Waals surface area contributed by atoms with Gasteiger partial charge >= 0.3 is 0 Å². The maximum Gasteiger partial charge on any atom is 0.274 e. The maximum absolute atomic E-state index is 12.1. The summed E-state index contributed by atoms with van der Waals surface area (Å²) in [4.78, 5) is 0. The minimum absolute atomic E-state index is 0.0589. The first-order valence-electron chi connectivity index (χ1n) is 6.30. The summed E-state index contributed by atoms with van der Waals surface area (Å²) in [5.74, 6) is 0.587. The van der Waals surface area contributed by atoms with Crippen LogP contribution in [0, 0.1) is 6.92 Å². The van der Waals surface area contributed by atoms with E-state index in [4.69, 9.17) is 4.42 Å². The van der Waals surface area contributed by atoms with Crippen LogP contribution in [0.1, 0.15) is 16.9 Å². The molecule has 0 aliphatic heterocycles. The van der Waals surface area contributed by atoms with Gasteiger partial charge in [-0.3, -0.25) is 0 Å². The highest BCUT2D eigenvalue weighted by atomic mass is 32.2. The van der Waals surface area contributed by atoms with E-state index in [1.54, 1.807) is 13.1 Å². The molecule has 0 atom stereocenters. The van der Waals surface area contributed by atoms with E-state index in [0.29, 0.717) is 12.3 Å². The molecule has 1 heterocycles. The van der Waals surface area contributed by atoms with Gasteiger partial charge in [0.25, 0.3) is 10.0 Å². The van der Waals surface area contributed by atoms with Gasteiger partial charge in [-0.25, -0.2) is 13.1 Å². The molecule has 1 aromatic carbocycles. The number of benzene rings is 1. The number of furan rings is 1. The van der Waals surface area contributed by atoms with Gasteiger partial charge < -0.3 is 9.73 Å². The summed E-state index contributed by atoms with van der Waals surface area (Å²) < 4.78 is 32.1. The molecule has 0 bridgehead atoms. The van der Waals surface area contributed by atoms with Crippen molar-refractivity contribution in [2.75, 3.05) is 7.05 Å². The summed E-state index contributed by atoms with van der Waals surface area (Å²) in [6, 6.07) is 10.8. The molecule has 0 spiro atoms. The van der Waals surface area contributed by atoms with E-state index in [2.05, 4.69) is 10.0 Å². The van der Waals surface area contributed by atoms with Gasteiger partial charge in [-0.05, 0) is 37.2 Å². The molecule has 0 aliphatic rings. The van der Waals surface area contributed by atoms with E-state index in [9.17, 15) is 8.42 Å². The van der Waals surface area contributed by atoms with Gasteiger partial charge in [0, 0.05) is 6.54 Å². The molecule has 0 aliphatic carbocycles. The smallest absolute Gasteiger partial charge is 0.274 e. The lowest BCUT2D eigenvalue weighted by molar-refractivity contribution is 0.404. The van der Waals surface area contributed by atoms with E-state index in [1.807, 2.05) is 31.2 Å². The van der Waals surface area contributed by atoms with Crippen molar-refractivity contribution in [2.24, 2.45) is 0 Å². The Morgan fingerprint density at radius 1 is 1.10 bits per heavy atom. The van der Waals surface area contributed by atoms with Gasteiger partial charge in [-0.2, -0.15) is 0 Å². The van der Waals surface area contributed by atoms with Crippen LogP contribution in [0.2, 0.25) is 0 Å². The number of sulfonamides is 1. The van der Waals surface area contributed by atoms with Crippen LogP contribution < -0.4 is 10.0 Å². The standard InChI is InChI=1S/C14H18N2O3S/c1-11-5-3-4-6-12(11)9-16-20(17,18)14-8-7-13(19-14)10-15-2/h3-8,15-16H,9-10H2,1-2H3. The van der Waals surface area contributed by atoms with Gasteiger partial charge in [-0.15, -0.1) is 0 Å². The van der Waals surface area contributed by atoms with Crippen LogP contribution in [0.25, 0.3) is 0 Å². The number of nitrogens with one attached hydrogen (secondary N) is 2. The van der Waals surface area contributed by atoms with Crippen molar-refractivity contribution in [3.8, 4) is 0 Å². The van der Waals surface area contributed by atoms with Crippen LogP contribution in [-0.2, 0) is 23.1 Å². The summed E-state index contributed by atoms with van der Waals surface area (Å²) in [6.45, 7) is 2.69. The summed E-state index contributed by atoms with van der Waals surface area (Å²) in [6.07, 6.45) is 0. The lowest BCUT2D eigenvalue weighted by Crippen LogP contribution is -2.23. The summed E-state index contributed by atoms with van der Waals surface area (Å²) >= 11 is 0. The summed E-state index contributed by atoms with van der Waals surface area (Å²) in [5, 5.41) is 2.85. The molecule has 2 aromatic rings. The Balaban J connectivity index is 2.09. The Bertz CT molecular complexity index is 677. The van der Waals surface area contributed by atoms with Gasteiger partial charge in [0.15, 0.2) is 0 Å². The molecule has 0 unspecified atom stereocenters. The molecule has 6 heteroatoms. The zero-order valence-corrected chi connectivity index (χ0v) is 12.3. The van der Waals surface area contributed by atoms with Crippen molar-refractivity contribution in [2.45, 2.75) is 25.1 Å². The average Bonchev–Trinajstić information content (AvgIpc) is 2.88. The van der Waals surface area contributed by atoms with E-state index in [-0.39, 0.29) is 11.6 Å². The normalized spacial score (nSPS) is 11.7. The SMILES string of the molecule is CNCc1ccc(S(=O)(=O)NCc2ccccc2C)o1. The molecule has 0 fully saturated rings. The van der Waals surface area contributed by atoms with Crippen LogP contribution in [0.5, 0.6) is 0 Å². The molecule has 20 heavy (non-hydrogen) atoms. The molecule has 1 aromatic heterocycles. The molecule has 5 nitrogen and oxygen atoms in total. The third-order valence-electron chi connectivity index (χ3n) is 2.97. The summed E-state index contributed by atoms with van der Waals surface area (Å²) in [5.41, 5.74) is 1.99. The second-order valence-corrected chi connectivity index (χ2v) is 6.20. The van der Waals surface area contributed by atoms with E-state index < -0.39 is 10.0 Å². The number of hydrogen-bond acceptors (Lipinski definition) is 4. The second kappa shape index (κ2) is 6.21. The second-order valence-electron chi connectivity index (χ2n) is 4.50. The maximum atomic E-state index is 12.1. The largest absolute Gasteiger partial charge is 0.447 e. The van der Waals surface area contributed by atoms with Crippen molar-refractivity contribution < 1.29 is 12.8 Å². The average molecular weight is 294 g/mol. The van der Waals surface area contributed by atoms with Crippen molar-refractivity contribution in [1.82, 2.24) is 10.0 Å². The first-order valence-corrected chi connectivity index (χ1v) is 7.79. The minimum Gasteiger partial charge on any atom is -0.447 e. The fraction of sp³-hybridized carbons (Fsp3) is 0.286. The number of aryl methyl sites for hydroxylation is 1. The quantitative estimate of drug-likeness (QED) is 0.852. The highest BCUT2D eigenvalue weighted by Crippen LogP contribution is 2.15. The van der Waals surface area contributed by atoms with Crippen LogP contribution in [0.15, 0.2) is 45.9 Å². The van der Waals surface area contributed by atoms with Crippen LogP contribution in [0.4, 0.5) is 0 Å². The fourth-order valence-electron chi connectivity index (χ4n) is 1.82. The topological polar surface area (TPSA) is 71.3 Å². The Morgan fingerprint density at radius 2 is 1.85 bits per heavy atom. The molecular weight excluding hydrogens is 276 g/mol. The van der Waals surface area contributed by atoms with Gasteiger partial charge in [0.1, 0.15) is 5.76 Å². The predicted octanol–water partition coefficient (Wildman–Crippen LogP) is 1.79. The fourth-order valence-corrected chi connectivity index (χ4v) is 2.78. The monoisotopic (exact) mass is 294 g/mol. The minimum atomic E-state index is -3.62. The zero-order chi connectivity index (χ0) is 14.6. The van der Waals surface area contributed by atoms with Crippen LogP contribution in [0.3, 0.4) is 0 Å². The molecule has 2 N–H and O–H groups in total. The van der Waals surface area contributed by atoms with E-state index in [0.717, 1.165) is 11.1 Å². The van der Waals surface area contributed by atoms with E-state index >= 15 is 0 Å². The van der Waals surface area contributed by atoms with Gasteiger partial charge in [0.2, 0.25) is 5.09 Å². The Morgan fingerprint density at radius 3 is 2.55 bits per heavy atom. The molecule has 0 saturated carbocycles. The molecule has 0 radical (unpaired) electrons. The Labute approximate surface area is 119 Å². The lowest BCUT2D eigenvalue weighted by atomic mass is 10.1. The Kier molecular flexibility index (Phi) is 4.59. The van der Waals surface area contributed by atoms with Crippen molar-refractivity contribution >= 4 is 10.0 Å². The first-order chi connectivity index (χ1) is 9.53. The van der Waals surface area contributed by atoms with Crippen molar-refractivity contribution in [3.05, 3.63) is 53.3 Å². The first kappa shape index (κ1) is 14.8. The zero-order valence-electron chi connectivity index (χ0n) is 11.5. The highest BCUT2D eigenvalue weighted by molar-refractivity contribution is 7.89. The third kappa shape index (κ3) is 3.47. The van der Waals surface area contributed by atoms with Gasteiger partial charge in [0.05, 0.1) is 6.54 Å². The lowest BCUT2D eigenvalue weighted by Gasteiger charge is -2.07. The van der Waals surface area contributed by atoms with E-state index in [1.165, 1.54) is 6.07 Å². The number of hydrogen-bond donors (Lipinski definition) is 2. The van der Waals surface area contributed by atoms with Gasteiger partial charge in [-0.1, -0.05) is 24.3 Å².